The van der Waals surface area contributed by atoms with Crippen LogP contribution in [0.1, 0.15) is 15.9 Å². The van der Waals surface area contributed by atoms with Crippen LogP contribution in [-0.2, 0) is 6.54 Å². The molecule has 1 aliphatic heterocycles. The zero-order valence-electron chi connectivity index (χ0n) is 16.7. The normalized spacial score (nSPS) is 14.2. The number of amides is 1. The highest BCUT2D eigenvalue weighted by Crippen LogP contribution is 2.26. The lowest BCUT2D eigenvalue weighted by molar-refractivity contribution is 0.0963. The predicted molar refractivity (Wildman–Crippen MR) is 131 cm³/mol. The van der Waals surface area contributed by atoms with Crippen molar-refractivity contribution >= 4 is 53.1 Å². The van der Waals surface area contributed by atoms with Crippen LogP contribution in [0.3, 0.4) is 0 Å². The van der Waals surface area contributed by atoms with Gasteiger partial charge in [-0.3, -0.25) is 9.79 Å². The summed E-state index contributed by atoms with van der Waals surface area (Å²) in [6.07, 6.45) is 0. The summed E-state index contributed by atoms with van der Waals surface area (Å²) in [6.45, 7) is 4.11. The van der Waals surface area contributed by atoms with Crippen LogP contribution in [0.15, 0.2) is 53.5 Å². The Bertz CT molecular complexity index is 852. The maximum absolute atomic E-state index is 11.8. The van der Waals surface area contributed by atoms with Gasteiger partial charge in [-0.15, -0.1) is 24.0 Å². The summed E-state index contributed by atoms with van der Waals surface area (Å²) in [7, 11) is 3.43. The number of benzene rings is 2. The molecule has 0 bridgehead atoms. The lowest BCUT2D eigenvalue weighted by Crippen LogP contribution is -2.52. The second-order valence-electron chi connectivity index (χ2n) is 6.61. The predicted octanol–water partition coefficient (Wildman–Crippen LogP) is 3.22. The zero-order valence-corrected chi connectivity index (χ0v) is 19.8. The quantitative estimate of drug-likeness (QED) is 0.364. The van der Waals surface area contributed by atoms with Crippen LogP contribution in [0.4, 0.5) is 5.69 Å². The maximum atomic E-state index is 11.8. The van der Waals surface area contributed by atoms with Gasteiger partial charge in [-0.1, -0.05) is 35.9 Å². The van der Waals surface area contributed by atoms with Gasteiger partial charge in [-0.05, 0) is 29.8 Å². The molecule has 156 valence electrons. The number of guanidine groups is 1. The third-order valence-electron chi connectivity index (χ3n) is 4.85. The number of rotatable bonds is 4. The fourth-order valence-corrected chi connectivity index (χ4v) is 3.60. The van der Waals surface area contributed by atoms with Crippen molar-refractivity contribution in [2.24, 2.45) is 4.99 Å². The molecule has 0 atom stereocenters. The van der Waals surface area contributed by atoms with Crippen molar-refractivity contribution < 1.29 is 4.79 Å². The van der Waals surface area contributed by atoms with E-state index in [2.05, 4.69) is 31.5 Å². The van der Waals surface area contributed by atoms with Gasteiger partial charge in [0.15, 0.2) is 5.96 Å². The average Bonchev–Trinajstić information content (AvgIpc) is 2.74. The van der Waals surface area contributed by atoms with Gasteiger partial charge >= 0.3 is 0 Å². The Morgan fingerprint density at radius 3 is 2.48 bits per heavy atom. The minimum atomic E-state index is -0.0815. The molecule has 1 amide bonds. The molecule has 2 N–H and O–H groups in total. The number of hydrogen-bond donors (Lipinski definition) is 2. The Hall–Kier alpha value is -2.00. The van der Waals surface area contributed by atoms with Crippen LogP contribution < -0.4 is 15.5 Å². The highest BCUT2D eigenvalue weighted by molar-refractivity contribution is 14.0. The van der Waals surface area contributed by atoms with Crippen molar-refractivity contribution in [3.8, 4) is 0 Å². The fraction of sp³-hybridized carbons (Fsp3) is 0.333. The first-order chi connectivity index (χ1) is 13.6. The smallest absolute Gasteiger partial charge is 0.251 e. The summed E-state index contributed by atoms with van der Waals surface area (Å²) in [6, 6.07) is 15.6. The van der Waals surface area contributed by atoms with E-state index in [1.807, 2.05) is 42.5 Å². The molecule has 0 spiro atoms. The second-order valence-corrected chi connectivity index (χ2v) is 7.01. The van der Waals surface area contributed by atoms with E-state index < -0.39 is 0 Å². The minimum Gasteiger partial charge on any atom is -0.367 e. The van der Waals surface area contributed by atoms with Gasteiger partial charge in [0, 0.05) is 52.4 Å². The van der Waals surface area contributed by atoms with Crippen molar-refractivity contribution in [3.63, 3.8) is 0 Å². The summed E-state index contributed by atoms with van der Waals surface area (Å²) >= 11 is 6.33. The van der Waals surface area contributed by atoms with E-state index in [0.717, 1.165) is 48.4 Å². The van der Waals surface area contributed by atoms with E-state index in [4.69, 9.17) is 11.6 Å². The Morgan fingerprint density at radius 1 is 1.10 bits per heavy atom. The number of hydrogen-bond acceptors (Lipinski definition) is 3. The number of piperazine rings is 1. The van der Waals surface area contributed by atoms with Crippen LogP contribution in [0.2, 0.25) is 5.02 Å². The molecule has 3 rings (SSSR count). The molecular weight excluding hydrogens is 501 g/mol. The first kappa shape index (κ1) is 23.3. The highest BCUT2D eigenvalue weighted by atomic mass is 127. The van der Waals surface area contributed by atoms with E-state index in [9.17, 15) is 4.79 Å². The molecular formula is C21H27ClIN5O. The van der Waals surface area contributed by atoms with Crippen LogP contribution in [-0.4, -0.2) is 57.0 Å². The second kappa shape index (κ2) is 11.3. The van der Waals surface area contributed by atoms with Crippen molar-refractivity contribution in [1.82, 2.24) is 15.5 Å². The van der Waals surface area contributed by atoms with Crippen molar-refractivity contribution in [1.29, 1.82) is 0 Å². The van der Waals surface area contributed by atoms with Gasteiger partial charge in [0.1, 0.15) is 0 Å². The van der Waals surface area contributed by atoms with Crippen LogP contribution in [0, 0.1) is 0 Å². The molecule has 1 heterocycles. The van der Waals surface area contributed by atoms with E-state index in [0.29, 0.717) is 12.1 Å². The molecule has 2 aromatic carbocycles. The molecule has 8 heteroatoms. The van der Waals surface area contributed by atoms with Gasteiger partial charge in [0.05, 0.1) is 10.7 Å². The average molecular weight is 528 g/mol. The molecule has 0 saturated carbocycles. The Labute approximate surface area is 194 Å². The maximum Gasteiger partial charge on any atom is 0.251 e. The Morgan fingerprint density at radius 2 is 1.83 bits per heavy atom. The zero-order chi connectivity index (χ0) is 19.9. The van der Waals surface area contributed by atoms with Crippen molar-refractivity contribution in [3.05, 3.63) is 64.7 Å². The molecule has 0 aromatic heterocycles. The van der Waals surface area contributed by atoms with Gasteiger partial charge in [0.25, 0.3) is 5.91 Å². The number of para-hydroxylation sites is 1. The Balaban J connectivity index is 0.00000300. The molecule has 1 aliphatic rings. The number of carbonyl (C=O) groups excluding carboxylic acids is 1. The minimum absolute atomic E-state index is 0. The Kier molecular flexibility index (Phi) is 9.03. The molecule has 2 aromatic rings. The number of carbonyl (C=O) groups is 1. The number of aliphatic imine (C=N–C) groups is 1. The first-order valence-electron chi connectivity index (χ1n) is 9.38. The molecule has 1 saturated heterocycles. The van der Waals surface area contributed by atoms with Gasteiger partial charge < -0.3 is 20.4 Å². The van der Waals surface area contributed by atoms with Crippen LogP contribution in [0.5, 0.6) is 0 Å². The number of anilines is 1. The van der Waals surface area contributed by atoms with Crippen LogP contribution in [0.25, 0.3) is 0 Å². The summed E-state index contributed by atoms with van der Waals surface area (Å²) < 4.78 is 0. The third kappa shape index (κ3) is 5.99. The first-order valence-corrected chi connectivity index (χ1v) is 9.76. The topological polar surface area (TPSA) is 60.0 Å². The van der Waals surface area contributed by atoms with Crippen LogP contribution >= 0.6 is 35.6 Å². The molecule has 6 nitrogen and oxygen atoms in total. The summed E-state index contributed by atoms with van der Waals surface area (Å²) in [5.41, 5.74) is 2.78. The third-order valence-corrected chi connectivity index (χ3v) is 5.17. The lowest BCUT2D eigenvalue weighted by atomic mass is 10.1. The van der Waals surface area contributed by atoms with Crippen molar-refractivity contribution in [2.45, 2.75) is 6.54 Å². The summed E-state index contributed by atoms with van der Waals surface area (Å²) in [5, 5.41) is 6.84. The monoisotopic (exact) mass is 527 g/mol. The highest BCUT2D eigenvalue weighted by Gasteiger charge is 2.21. The van der Waals surface area contributed by atoms with Gasteiger partial charge in [-0.25, -0.2) is 0 Å². The van der Waals surface area contributed by atoms with Gasteiger partial charge in [-0.2, -0.15) is 0 Å². The molecule has 1 fully saturated rings. The summed E-state index contributed by atoms with van der Waals surface area (Å²) in [5.74, 6) is 0.783. The number of nitrogens with zero attached hydrogens (tertiary/aromatic N) is 3. The fourth-order valence-electron chi connectivity index (χ4n) is 3.35. The molecule has 0 unspecified atom stereocenters. The lowest BCUT2D eigenvalue weighted by Gasteiger charge is -2.38. The molecule has 0 aliphatic carbocycles. The molecule has 0 radical (unpaired) electrons. The standard InChI is InChI=1S/C21H26ClN5O.HI/c1-23-20(28)17-7-5-6-16(14-17)15-25-21(24-2)27-12-10-26(11-13-27)19-9-4-3-8-18(19)22;/h3-9,14H,10-13,15H2,1-2H3,(H,23,28)(H,24,25);1H. The van der Waals surface area contributed by atoms with Gasteiger partial charge in [0.2, 0.25) is 0 Å². The number of nitrogens with one attached hydrogen (secondary N) is 2. The molecule has 29 heavy (non-hydrogen) atoms. The van der Waals surface area contributed by atoms with E-state index in [1.165, 1.54) is 0 Å². The van der Waals surface area contributed by atoms with Crippen molar-refractivity contribution in [2.75, 3.05) is 45.2 Å². The van der Waals surface area contributed by atoms with E-state index in [1.54, 1.807) is 14.1 Å². The SMILES string of the molecule is CN=C(NCc1cccc(C(=O)NC)c1)N1CCN(c2ccccc2Cl)CC1.I. The van der Waals surface area contributed by atoms with E-state index >= 15 is 0 Å². The number of halogens is 2. The summed E-state index contributed by atoms with van der Waals surface area (Å²) in [4.78, 5) is 20.8. The largest absolute Gasteiger partial charge is 0.367 e. The van der Waals surface area contributed by atoms with E-state index in [-0.39, 0.29) is 29.9 Å².